The molecule has 0 atom stereocenters. The van der Waals surface area contributed by atoms with Gasteiger partial charge >= 0.3 is 5.97 Å². The number of aromatic nitrogens is 2. The molecule has 4 aromatic carbocycles. The summed E-state index contributed by atoms with van der Waals surface area (Å²) in [7, 11) is 0. The van der Waals surface area contributed by atoms with Crippen LogP contribution < -0.4 is 14.2 Å². The van der Waals surface area contributed by atoms with Gasteiger partial charge in [0.15, 0.2) is 6.61 Å². The second-order valence-corrected chi connectivity index (χ2v) is 9.42. The van der Waals surface area contributed by atoms with Crippen LogP contribution in [-0.4, -0.2) is 34.1 Å². The highest BCUT2D eigenvalue weighted by molar-refractivity contribution is 5.77. The lowest BCUT2D eigenvalue weighted by Crippen LogP contribution is -2.10. The molecule has 0 spiro atoms. The van der Waals surface area contributed by atoms with Crippen LogP contribution in [0.4, 0.5) is 0 Å². The van der Waals surface area contributed by atoms with E-state index in [0.29, 0.717) is 42.5 Å². The minimum Gasteiger partial charge on any atom is -0.493 e. The minimum atomic E-state index is -1.06. The third-order valence-corrected chi connectivity index (χ3v) is 6.52. The van der Waals surface area contributed by atoms with Gasteiger partial charge in [0.25, 0.3) is 0 Å². The number of benzene rings is 4. The fourth-order valence-electron chi connectivity index (χ4n) is 4.58. The number of ether oxygens (including phenoxy) is 3. The molecular formula is C34H32N2O5. The van der Waals surface area contributed by atoms with Gasteiger partial charge in [-0.3, -0.25) is 4.68 Å². The van der Waals surface area contributed by atoms with Gasteiger partial charge in [0.1, 0.15) is 23.9 Å². The molecule has 0 radical (unpaired) electrons. The van der Waals surface area contributed by atoms with Gasteiger partial charge in [-0.15, -0.1) is 0 Å². The highest BCUT2D eigenvalue weighted by atomic mass is 16.5. The first kappa shape index (κ1) is 27.5. The lowest BCUT2D eigenvalue weighted by atomic mass is 10.1. The normalized spacial score (nSPS) is 10.8. The van der Waals surface area contributed by atoms with Crippen molar-refractivity contribution < 1.29 is 24.1 Å². The summed E-state index contributed by atoms with van der Waals surface area (Å²) in [5, 5.41) is 14.3. The molecule has 208 valence electrons. The molecule has 0 saturated carbocycles. The summed E-state index contributed by atoms with van der Waals surface area (Å²) >= 11 is 0. The van der Waals surface area contributed by atoms with Gasteiger partial charge in [-0.05, 0) is 60.9 Å². The van der Waals surface area contributed by atoms with E-state index in [2.05, 4.69) is 12.1 Å². The molecule has 0 saturated heterocycles. The molecule has 0 aliphatic heterocycles. The molecule has 0 amide bonds. The molecule has 0 unspecified atom stereocenters. The molecule has 1 heterocycles. The standard InChI is InChI=1S/C34H32N2O5/c1-2-39-32-16-10-9-15-28(32)31-22-30(35-36(31)20-19-25-11-5-3-6-12-25)29-21-27(17-18-33(29)41-24-34(37)38)40-23-26-13-7-4-8-14-26/h3-18,21-22H,2,19-20,23-24H2,1H3,(H,37,38). The highest BCUT2D eigenvalue weighted by Gasteiger charge is 2.19. The number of aliphatic carboxylic acids is 1. The molecule has 5 aromatic rings. The number of carboxylic acids is 1. The second-order valence-electron chi connectivity index (χ2n) is 9.42. The van der Waals surface area contributed by atoms with Crippen molar-refractivity contribution in [2.45, 2.75) is 26.5 Å². The molecule has 1 N–H and O–H groups in total. The number of hydrogen-bond acceptors (Lipinski definition) is 5. The summed E-state index contributed by atoms with van der Waals surface area (Å²) in [5.74, 6) is 0.753. The number of hydrogen-bond donors (Lipinski definition) is 1. The Morgan fingerprint density at radius 2 is 1.44 bits per heavy atom. The number of rotatable bonds is 13. The van der Waals surface area contributed by atoms with E-state index >= 15 is 0 Å². The molecule has 41 heavy (non-hydrogen) atoms. The summed E-state index contributed by atoms with van der Waals surface area (Å²) in [6.07, 6.45) is 0.786. The maximum absolute atomic E-state index is 11.3. The van der Waals surface area contributed by atoms with Gasteiger partial charge < -0.3 is 19.3 Å². The molecule has 7 heteroatoms. The molecule has 0 bridgehead atoms. The van der Waals surface area contributed by atoms with Crippen LogP contribution in [0.3, 0.4) is 0 Å². The summed E-state index contributed by atoms with van der Waals surface area (Å²) in [5.41, 5.74) is 5.34. The van der Waals surface area contributed by atoms with Crippen molar-refractivity contribution in [3.05, 3.63) is 120 Å². The molecule has 1 aromatic heterocycles. The van der Waals surface area contributed by atoms with Crippen LogP contribution in [0, 0.1) is 0 Å². The Hall–Kier alpha value is -5.04. The third kappa shape index (κ3) is 7.13. The minimum absolute atomic E-state index is 0.397. The Morgan fingerprint density at radius 3 is 2.17 bits per heavy atom. The fraction of sp³-hybridized carbons (Fsp3) is 0.176. The quantitative estimate of drug-likeness (QED) is 0.172. The van der Waals surface area contributed by atoms with Crippen LogP contribution in [0.2, 0.25) is 0 Å². The SMILES string of the molecule is CCOc1ccccc1-c1cc(-c2cc(OCc3ccccc3)ccc2OCC(=O)O)nn1CCc1ccccc1. The Labute approximate surface area is 239 Å². The van der Waals surface area contributed by atoms with Crippen molar-refractivity contribution in [2.24, 2.45) is 0 Å². The number of aryl methyl sites for hydroxylation is 2. The first-order valence-corrected chi connectivity index (χ1v) is 13.6. The molecule has 0 aliphatic carbocycles. The predicted molar refractivity (Wildman–Crippen MR) is 158 cm³/mol. The molecule has 5 rings (SSSR count). The van der Waals surface area contributed by atoms with Crippen molar-refractivity contribution in [1.82, 2.24) is 9.78 Å². The van der Waals surface area contributed by atoms with Crippen LogP contribution in [0.1, 0.15) is 18.1 Å². The average molecular weight is 549 g/mol. The van der Waals surface area contributed by atoms with Crippen LogP contribution in [0.5, 0.6) is 17.2 Å². The van der Waals surface area contributed by atoms with E-state index in [0.717, 1.165) is 29.0 Å². The van der Waals surface area contributed by atoms with Gasteiger partial charge in [-0.1, -0.05) is 72.8 Å². The Bertz CT molecular complexity index is 1580. The fourth-order valence-corrected chi connectivity index (χ4v) is 4.58. The van der Waals surface area contributed by atoms with Crippen LogP contribution in [0.15, 0.2) is 109 Å². The lowest BCUT2D eigenvalue weighted by Gasteiger charge is -2.12. The van der Waals surface area contributed by atoms with E-state index in [-0.39, 0.29) is 0 Å². The largest absolute Gasteiger partial charge is 0.493 e. The molecule has 0 aliphatic rings. The Balaban J connectivity index is 1.55. The third-order valence-electron chi connectivity index (χ3n) is 6.52. The van der Waals surface area contributed by atoms with E-state index in [1.54, 1.807) is 12.1 Å². The van der Waals surface area contributed by atoms with Crippen molar-refractivity contribution in [3.8, 4) is 39.8 Å². The Morgan fingerprint density at radius 1 is 0.756 bits per heavy atom. The predicted octanol–water partition coefficient (Wildman–Crippen LogP) is 6.90. The second kappa shape index (κ2) is 13.3. The monoisotopic (exact) mass is 548 g/mol. The lowest BCUT2D eigenvalue weighted by molar-refractivity contribution is -0.139. The number of para-hydroxylation sites is 1. The smallest absolute Gasteiger partial charge is 0.341 e. The van der Waals surface area contributed by atoms with Crippen LogP contribution in [-0.2, 0) is 24.4 Å². The molecule has 7 nitrogen and oxygen atoms in total. The van der Waals surface area contributed by atoms with E-state index in [4.69, 9.17) is 19.3 Å². The first-order valence-electron chi connectivity index (χ1n) is 13.6. The highest BCUT2D eigenvalue weighted by Crippen LogP contribution is 2.38. The topological polar surface area (TPSA) is 82.8 Å². The number of carbonyl (C=O) groups is 1. The van der Waals surface area contributed by atoms with E-state index in [1.165, 1.54) is 5.56 Å². The van der Waals surface area contributed by atoms with Gasteiger partial charge in [-0.2, -0.15) is 5.10 Å². The summed E-state index contributed by atoms with van der Waals surface area (Å²) < 4.78 is 19.7. The van der Waals surface area contributed by atoms with Crippen LogP contribution >= 0.6 is 0 Å². The molecular weight excluding hydrogens is 516 g/mol. The van der Waals surface area contributed by atoms with Gasteiger partial charge in [0, 0.05) is 17.7 Å². The van der Waals surface area contributed by atoms with Crippen molar-refractivity contribution >= 4 is 5.97 Å². The van der Waals surface area contributed by atoms with Crippen LogP contribution in [0.25, 0.3) is 22.5 Å². The van der Waals surface area contributed by atoms with Gasteiger partial charge in [0.05, 0.1) is 18.0 Å². The number of carboxylic acid groups (broad SMARTS) is 1. The summed E-state index contributed by atoms with van der Waals surface area (Å²) in [6.45, 7) is 3.06. The van der Waals surface area contributed by atoms with Gasteiger partial charge in [-0.25, -0.2) is 4.79 Å². The van der Waals surface area contributed by atoms with Gasteiger partial charge in [0.2, 0.25) is 0 Å². The zero-order valence-corrected chi connectivity index (χ0v) is 22.9. The van der Waals surface area contributed by atoms with E-state index < -0.39 is 12.6 Å². The summed E-state index contributed by atoms with van der Waals surface area (Å²) in [6, 6.07) is 35.4. The van der Waals surface area contributed by atoms with Crippen molar-refractivity contribution in [3.63, 3.8) is 0 Å². The number of nitrogens with zero attached hydrogens (tertiary/aromatic N) is 2. The maximum Gasteiger partial charge on any atom is 0.341 e. The van der Waals surface area contributed by atoms with Crippen molar-refractivity contribution in [1.29, 1.82) is 0 Å². The Kier molecular flexibility index (Phi) is 8.96. The molecule has 0 fully saturated rings. The average Bonchev–Trinajstić information content (AvgIpc) is 3.43. The van der Waals surface area contributed by atoms with E-state index in [9.17, 15) is 9.90 Å². The zero-order chi connectivity index (χ0) is 28.4. The van der Waals surface area contributed by atoms with E-state index in [1.807, 2.05) is 96.5 Å². The summed E-state index contributed by atoms with van der Waals surface area (Å²) in [4.78, 5) is 11.3. The van der Waals surface area contributed by atoms with Crippen molar-refractivity contribution in [2.75, 3.05) is 13.2 Å². The first-order chi connectivity index (χ1) is 20.1. The maximum atomic E-state index is 11.3. The zero-order valence-electron chi connectivity index (χ0n) is 22.9.